The van der Waals surface area contributed by atoms with Gasteiger partial charge in [0.25, 0.3) is 0 Å². The molecule has 2 N–H and O–H groups in total. The molecule has 11 atom stereocenters. The van der Waals surface area contributed by atoms with Crippen LogP contribution in [0.5, 0.6) is 0 Å². The average Bonchev–Trinajstić information content (AvgIpc) is 3.45. The van der Waals surface area contributed by atoms with Gasteiger partial charge in [-0.2, -0.15) is 0 Å². The minimum Gasteiger partial charge on any atom is -0.472 e. The molecule has 3 saturated carbocycles. The maximum Gasteiger partial charge on any atom is 0.335 e. The van der Waals surface area contributed by atoms with Crippen molar-refractivity contribution in [3.05, 3.63) is 35.8 Å². The molecular formula is C32H40O11. The van der Waals surface area contributed by atoms with E-state index in [1.807, 2.05) is 6.92 Å². The molecule has 3 aliphatic carbocycles. The van der Waals surface area contributed by atoms with E-state index >= 15 is 0 Å². The largest absolute Gasteiger partial charge is 0.472 e. The molecule has 11 heteroatoms. The van der Waals surface area contributed by atoms with Gasteiger partial charge in [-0.05, 0) is 32.8 Å². The zero-order chi connectivity index (χ0) is 31.5. The average molecular weight is 601 g/mol. The molecular weight excluding hydrogens is 560 g/mol. The van der Waals surface area contributed by atoms with Crippen molar-refractivity contribution in [3.8, 4) is 0 Å². The highest BCUT2D eigenvalue weighted by atomic mass is 16.6. The number of cyclic esters (lactones) is 1. The Balaban J connectivity index is 1.55. The fourth-order valence-electron chi connectivity index (χ4n) is 9.95. The first-order chi connectivity index (χ1) is 20.1. The lowest BCUT2D eigenvalue weighted by Crippen LogP contribution is -2.81. The van der Waals surface area contributed by atoms with Gasteiger partial charge in [0.1, 0.15) is 23.9 Å². The second-order valence-electron chi connectivity index (χ2n) is 14.1. The number of fused-ring (bicyclic) bond motifs is 5. The molecule has 0 aromatic carbocycles. The van der Waals surface area contributed by atoms with Crippen LogP contribution >= 0.6 is 0 Å². The van der Waals surface area contributed by atoms with Gasteiger partial charge in [0.05, 0.1) is 26.1 Å². The molecule has 0 amide bonds. The fourth-order valence-corrected chi connectivity index (χ4v) is 9.95. The van der Waals surface area contributed by atoms with Crippen LogP contribution in [-0.2, 0) is 38.1 Å². The first kappa shape index (κ1) is 30.0. The lowest BCUT2D eigenvalue weighted by molar-refractivity contribution is -0.260. The van der Waals surface area contributed by atoms with Crippen molar-refractivity contribution in [2.45, 2.75) is 96.4 Å². The second kappa shape index (κ2) is 9.25. The number of ether oxygens (including phenoxy) is 4. The van der Waals surface area contributed by atoms with Crippen LogP contribution in [0.15, 0.2) is 34.7 Å². The van der Waals surface area contributed by atoms with E-state index in [1.165, 1.54) is 6.26 Å². The van der Waals surface area contributed by atoms with E-state index < -0.39 is 93.3 Å². The SMILES string of the molecule is CC=C(C)C(=O)O[C@H]1C(C)(C)[C@H]([C@@H](O)C(=O)OC)[C@]2(C)C(=O)[C@@]1(O)[C@H]1O[C@]13[C@@H]1CC(=O)O[C@@H](c4ccoc4)[C@]1(C)CC[C@H]23. The Labute approximate surface area is 249 Å². The van der Waals surface area contributed by atoms with E-state index in [0.717, 1.165) is 7.11 Å². The number of hydrogen-bond acceptors (Lipinski definition) is 11. The number of aliphatic hydroxyl groups excluding tert-OH is 1. The van der Waals surface area contributed by atoms with Crippen molar-refractivity contribution in [1.29, 1.82) is 0 Å². The highest BCUT2D eigenvalue weighted by molar-refractivity contribution is 5.99. The molecule has 11 nitrogen and oxygen atoms in total. The Hall–Kier alpha value is -3.02. The molecule has 234 valence electrons. The van der Waals surface area contributed by atoms with Crippen molar-refractivity contribution in [3.63, 3.8) is 0 Å². The monoisotopic (exact) mass is 600 g/mol. The third-order valence-corrected chi connectivity index (χ3v) is 11.8. The molecule has 5 aliphatic rings. The van der Waals surface area contributed by atoms with Gasteiger partial charge in [-0.3, -0.25) is 9.59 Å². The summed E-state index contributed by atoms with van der Waals surface area (Å²) in [6.07, 6.45) is 0.521. The number of aliphatic hydroxyl groups is 2. The van der Waals surface area contributed by atoms with Crippen LogP contribution in [0.25, 0.3) is 0 Å². The summed E-state index contributed by atoms with van der Waals surface area (Å²) < 4.78 is 28.7. The van der Waals surface area contributed by atoms with Crippen molar-refractivity contribution < 1.29 is 52.8 Å². The third kappa shape index (κ3) is 3.52. The summed E-state index contributed by atoms with van der Waals surface area (Å²) in [4.78, 5) is 54.1. The van der Waals surface area contributed by atoms with E-state index in [0.29, 0.717) is 18.4 Å². The molecule has 2 saturated heterocycles. The zero-order valence-electron chi connectivity index (χ0n) is 25.5. The van der Waals surface area contributed by atoms with Gasteiger partial charge in [0, 0.05) is 45.1 Å². The molecule has 1 spiro atoms. The van der Waals surface area contributed by atoms with E-state index in [1.54, 1.807) is 53.0 Å². The summed E-state index contributed by atoms with van der Waals surface area (Å²) in [5.41, 5.74) is -6.06. The van der Waals surface area contributed by atoms with Crippen LogP contribution in [0, 0.1) is 34.0 Å². The quantitative estimate of drug-likeness (QED) is 0.221. The first-order valence-corrected chi connectivity index (χ1v) is 14.8. The van der Waals surface area contributed by atoms with Crippen LogP contribution in [0.1, 0.15) is 72.5 Å². The van der Waals surface area contributed by atoms with Crippen LogP contribution < -0.4 is 0 Å². The number of rotatable bonds is 5. The smallest absolute Gasteiger partial charge is 0.335 e. The van der Waals surface area contributed by atoms with E-state index in [9.17, 15) is 29.4 Å². The number of allylic oxidation sites excluding steroid dienone is 1. The van der Waals surface area contributed by atoms with Crippen molar-refractivity contribution >= 4 is 23.7 Å². The number of furan rings is 1. The van der Waals surface area contributed by atoms with Crippen LogP contribution in [-0.4, -0.2) is 70.5 Å². The summed E-state index contributed by atoms with van der Waals surface area (Å²) in [6, 6.07) is 1.75. The number of esters is 3. The molecule has 2 aliphatic heterocycles. The van der Waals surface area contributed by atoms with Crippen LogP contribution in [0.3, 0.4) is 0 Å². The number of carbonyl (C=O) groups is 4. The highest BCUT2D eigenvalue weighted by Gasteiger charge is 2.91. The Morgan fingerprint density at radius 2 is 1.86 bits per heavy atom. The summed E-state index contributed by atoms with van der Waals surface area (Å²) >= 11 is 0. The lowest BCUT2D eigenvalue weighted by Gasteiger charge is -2.67. The molecule has 0 radical (unpaired) electrons. The molecule has 43 heavy (non-hydrogen) atoms. The maximum atomic E-state index is 14.7. The van der Waals surface area contributed by atoms with Crippen LogP contribution in [0.4, 0.5) is 0 Å². The Morgan fingerprint density at radius 3 is 2.47 bits per heavy atom. The van der Waals surface area contributed by atoms with Gasteiger partial charge in [-0.15, -0.1) is 0 Å². The first-order valence-electron chi connectivity index (χ1n) is 14.8. The maximum absolute atomic E-state index is 14.7. The van der Waals surface area contributed by atoms with Gasteiger partial charge in [0.15, 0.2) is 17.5 Å². The zero-order valence-corrected chi connectivity index (χ0v) is 25.5. The van der Waals surface area contributed by atoms with Gasteiger partial charge in [-0.25, -0.2) is 9.59 Å². The van der Waals surface area contributed by atoms with Gasteiger partial charge in [-0.1, -0.05) is 33.8 Å². The molecule has 3 heterocycles. The molecule has 0 unspecified atom stereocenters. The molecule has 1 aromatic heterocycles. The highest BCUT2D eigenvalue weighted by Crippen LogP contribution is 2.78. The topological polar surface area (TPSA) is 162 Å². The normalized spacial score (nSPS) is 45.1. The van der Waals surface area contributed by atoms with Crippen molar-refractivity contribution in [1.82, 2.24) is 0 Å². The van der Waals surface area contributed by atoms with Gasteiger partial charge < -0.3 is 33.6 Å². The number of methoxy groups -OCH3 is 1. The summed E-state index contributed by atoms with van der Waals surface area (Å²) in [6.45, 7) is 10.2. The lowest BCUT2D eigenvalue weighted by atomic mass is 9.36. The predicted octanol–water partition coefficient (Wildman–Crippen LogP) is 2.83. The molecule has 2 bridgehead atoms. The molecule has 6 rings (SSSR count). The van der Waals surface area contributed by atoms with Crippen molar-refractivity contribution in [2.24, 2.45) is 34.0 Å². The Morgan fingerprint density at radius 1 is 1.16 bits per heavy atom. The fraction of sp³-hybridized carbons (Fsp3) is 0.688. The minimum absolute atomic E-state index is 0.0199. The Kier molecular flexibility index (Phi) is 6.46. The van der Waals surface area contributed by atoms with E-state index in [-0.39, 0.29) is 12.0 Å². The van der Waals surface area contributed by atoms with E-state index in [4.69, 9.17) is 23.4 Å². The molecule has 5 fully saturated rings. The Bertz CT molecular complexity index is 1410. The number of ketones is 1. The number of hydrogen-bond donors (Lipinski definition) is 2. The standard InChI is InChI=1S/C32H40O11/c1-8-15(2)23(35)42-26-28(3,4)21(20(34)24(36)39-7)30(6)17-9-11-29(5)18(32(17)27(43-32)31(26,38)25(30)37)13-19(33)41-22(29)16-10-12-40-14-16/h8,10,12,14,17-18,20-22,26-27,34,38H,9,11,13H2,1-7H3/t17-,18-,20-,21+,22+,26+,27-,29-,30-,31+,32-/m1/s1. The molecule has 1 aromatic rings. The van der Waals surface area contributed by atoms with Gasteiger partial charge in [0.2, 0.25) is 0 Å². The van der Waals surface area contributed by atoms with E-state index in [2.05, 4.69) is 0 Å². The summed E-state index contributed by atoms with van der Waals surface area (Å²) in [7, 11) is 1.15. The van der Waals surface area contributed by atoms with Gasteiger partial charge >= 0.3 is 17.9 Å². The summed E-state index contributed by atoms with van der Waals surface area (Å²) in [5.74, 6) is -5.01. The summed E-state index contributed by atoms with van der Waals surface area (Å²) in [5, 5.41) is 24.2. The van der Waals surface area contributed by atoms with Crippen LogP contribution in [0.2, 0.25) is 0 Å². The van der Waals surface area contributed by atoms with Crippen molar-refractivity contribution in [2.75, 3.05) is 7.11 Å². The number of Topliss-reactive ketones (excluding diaryl/α,β-unsaturated/α-hetero) is 1. The second-order valence-corrected chi connectivity index (χ2v) is 14.1. The predicted molar refractivity (Wildman–Crippen MR) is 147 cm³/mol. The number of epoxide rings is 1. The minimum atomic E-state index is -2.32. The number of carbonyl (C=O) groups excluding carboxylic acids is 4. The third-order valence-electron chi connectivity index (χ3n) is 11.8.